The molecule has 34 heavy (non-hydrogen) atoms. The van der Waals surface area contributed by atoms with Crippen molar-refractivity contribution in [2.24, 2.45) is 29.1 Å². The Hall–Kier alpha value is -2.62. The zero-order valence-electron chi connectivity index (χ0n) is 19.3. The minimum Gasteiger partial charge on any atom is -0.491 e. The van der Waals surface area contributed by atoms with Crippen molar-refractivity contribution >= 4 is 11.9 Å². The Balaban J connectivity index is 1.27. The summed E-state index contributed by atoms with van der Waals surface area (Å²) in [6.45, 7) is 0.597. The van der Waals surface area contributed by atoms with E-state index >= 15 is 4.39 Å². The van der Waals surface area contributed by atoms with Gasteiger partial charge in [-0.2, -0.15) is 5.26 Å². The van der Waals surface area contributed by atoms with Crippen molar-refractivity contribution in [3.8, 4) is 11.8 Å². The highest BCUT2D eigenvalue weighted by molar-refractivity contribution is 5.97. The van der Waals surface area contributed by atoms with Gasteiger partial charge in [0.15, 0.2) is 0 Å². The van der Waals surface area contributed by atoms with Gasteiger partial charge < -0.3 is 14.7 Å². The van der Waals surface area contributed by atoms with Gasteiger partial charge in [-0.15, -0.1) is 0 Å². The van der Waals surface area contributed by atoms with E-state index in [4.69, 9.17) is 4.74 Å². The molecule has 1 aromatic carbocycles. The number of aliphatic carboxylic acids is 1. The molecule has 1 N–H and O–H groups in total. The second kappa shape index (κ2) is 7.96. The monoisotopic (exact) mass is 466 g/mol. The second-order valence-corrected chi connectivity index (χ2v) is 11.4. The zero-order chi connectivity index (χ0) is 23.6. The number of hydrogen-bond acceptors (Lipinski definition) is 4. The molecule has 1 aromatic rings. The smallest absolute Gasteiger partial charge is 0.326 e. The molecule has 4 bridgehead atoms. The van der Waals surface area contributed by atoms with E-state index in [0.717, 1.165) is 55.9 Å². The molecule has 180 valence electrons. The van der Waals surface area contributed by atoms with Crippen LogP contribution >= 0.6 is 0 Å². The summed E-state index contributed by atoms with van der Waals surface area (Å²) in [5.41, 5.74) is 0.225. The van der Waals surface area contributed by atoms with Crippen LogP contribution in [0, 0.1) is 46.2 Å². The Morgan fingerprint density at radius 2 is 1.79 bits per heavy atom. The third kappa shape index (κ3) is 3.40. The van der Waals surface area contributed by atoms with Crippen LogP contribution in [-0.4, -0.2) is 41.1 Å². The van der Waals surface area contributed by atoms with Gasteiger partial charge in [0, 0.05) is 12.6 Å². The van der Waals surface area contributed by atoms with Gasteiger partial charge in [-0.25, -0.2) is 9.18 Å². The van der Waals surface area contributed by atoms with Gasteiger partial charge in [-0.3, -0.25) is 4.79 Å². The van der Waals surface area contributed by atoms with E-state index in [1.165, 1.54) is 17.4 Å². The number of likely N-dealkylation sites (tertiary alicyclic amines) is 1. The maximum atomic E-state index is 15.2. The molecule has 5 aliphatic carbocycles. The van der Waals surface area contributed by atoms with Gasteiger partial charge in [0.05, 0.1) is 17.0 Å². The second-order valence-electron chi connectivity index (χ2n) is 11.4. The number of halogens is 1. The fraction of sp³-hybridized carbons (Fsp3) is 0.667. The van der Waals surface area contributed by atoms with E-state index < -0.39 is 29.2 Å². The third-order valence-electron chi connectivity index (χ3n) is 9.42. The van der Waals surface area contributed by atoms with Gasteiger partial charge in [0.2, 0.25) is 0 Å². The van der Waals surface area contributed by atoms with Crippen LogP contribution < -0.4 is 4.74 Å². The molecular weight excluding hydrogens is 435 g/mol. The maximum absolute atomic E-state index is 15.2. The number of carbonyl (C=O) groups excluding carboxylic acids is 1. The number of amides is 1. The number of carbonyl (C=O) groups is 2. The van der Waals surface area contributed by atoms with E-state index in [9.17, 15) is 20.0 Å². The molecule has 1 saturated heterocycles. The standard InChI is InChI=1S/C27H31FN2O4/c28-22-12-24(34-14-27(13-29)18-7-15-6-16(9-18)10-19(27)8-15)20(17-3-4-17)11-21(22)25(31)30-5-1-2-23(30)26(32)33/h11-12,15-19,23H,1-10,14H2,(H,32,33)/t15?,16?,18?,19?,23-,27?/m0/s1. The predicted molar refractivity (Wildman–Crippen MR) is 121 cm³/mol. The molecule has 0 spiro atoms. The summed E-state index contributed by atoms with van der Waals surface area (Å²) in [6.07, 6.45) is 8.60. The first-order chi connectivity index (χ1) is 16.4. The van der Waals surface area contributed by atoms with Crippen molar-refractivity contribution in [1.29, 1.82) is 5.26 Å². The number of nitriles is 1. The molecule has 6 nitrogen and oxygen atoms in total. The van der Waals surface area contributed by atoms with Crippen LogP contribution in [0.15, 0.2) is 12.1 Å². The number of nitrogens with zero attached hydrogens (tertiary/aromatic N) is 2. The van der Waals surface area contributed by atoms with Crippen molar-refractivity contribution in [2.45, 2.75) is 69.7 Å². The van der Waals surface area contributed by atoms with Crippen LogP contribution in [-0.2, 0) is 4.79 Å². The molecule has 7 heteroatoms. The minimum atomic E-state index is -1.05. The Morgan fingerprint density at radius 1 is 1.12 bits per heavy atom. The number of hydrogen-bond donors (Lipinski definition) is 1. The predicted octanol–water partition coefficient (Wildman–Crippen LogP) is 4.74. The number of rotatable bonds is 6. The summed E-state index contributed by atoms with van der Waals surface area (Å²) in [6, 6.07) is 4.63. The topological polar surface area (TPSA) is 90.6 Å². The molecule has 1 aliphatic heterocycles. The Morgan fingerprint density at radius 3 is 2.38 bits per heavy atom. The van der Waals surface area contributed by atoms with E-state index in [1.807, 2.05) is 0 Å². The summed E-state index contributed by atoms with van der Waals surface area (Å²) in [4.78, 5) is 25.9. The largest absolute Gasteiger partial charge is 0.491 e. The highest BCUT2D eigenvalue weighted by Crippen LogP contribution is 2.62. The van der Waals surface area contributed by atoms with E-state index in [-0.39, 0.29) is 18.1 Å². The summed E-state index contributed by atoms with van der Waals surface area (Å²) in [5, 5.41) is 19.7. The number of carboxylic acids is 1. The molecule has 1 amide bonds. The molecule has 1 atom stereocenters. The van der Waals surface area contributed by atoms with Crippen LogP contribution in [0.4, 0.5) is 4.39 Å². The molecule has 0 aromatic heterocycles. The van der Waals surface area contributed by atoms with Crippen molar-refractivity contribution in [3.05, 3.63) is 29.1 Å². The Bertz CT molecular complexity index is 1050. The average molecular weight is 467 g/mol. The highest BCUT2D eigenvalue weighted by Gasteiger charge is 2.58. The van der Waals surface area contributed by atoms with Crippen LogP contribution in [0.25, 0.3) is 0 Å². The number of benzene rings is 1. The van der Waals surface area contributed by atoms with Crippen LogP contribution in [0.3, 0.4) is 0 Å². The normalized spacial score (nSPS) is 35.9. The lowest BCUT2D eigenvalue weighted by atomic mass is 9.46. The molecule has 0 radical (unpaired) electrons. The highest BCUT2D eigenvalue weighted by atomic mass is 19.1. The number of carboxylic acid groups (broad SMARTS) is 1. The third-order valence-corrected chi connectivity index (χ3v) is 9.42. The van der Waals surface area contributed by atoms with Crippen molar-refractivity contribution in [2.75, 3.05) is 13.2 Å². The van der Waals surface area contributed by atoms with Gasteiger partial charge in [-0.05, 0) is 99.0 Å². The average Bonchev–Trinajstić information content (AvgIpc) is 3.53. The van der Waals surface area contributed by atoms with Crippen molar-refractivity contribution in [1.82, 2.24) is 4.90 Å². The Kier molecular flexibility index (Phi) is 5.13. The lowest BCUT2D eigenvalue weighted by Crippen LogP contribution is -2.54. The first-order valence-electron chi connectivity index (χ1n) is 12.8. The van der Waals surface area contributed by atoms with Gasteiger partial charge >= 0.3 is 5.97 Å². The SMILES string of the molecule is N#CC1(COc2cc(F)c(C(=O)N3CCC[C@H]3C(=O)O)cc2C2CC2)C2CC3CC(C2)CC1C3. The summed E-state index contributed by atoms with van der Waals surface area (Å²) in [7, 11) is 0. The zero-order valence-corrected chi connectivity index (χ0v) is 19.3. The molecular formula is C27H31FN2O4. The number of ether oxygens (including phenoxy) is 1. The van der Waals surface area contributed by atoms with Crippen LogP contribution in [0.5, 0.6) is 5.75 Å². The molecule has 6 fully saturated rings. The molecule has 6 aliphatic rings. The molecule has 1 heterocycles. The van der Waals surface area contributed by atoms with Crippen LogP contribution in [0.2, 0.25) is 0 Å². The van der Waals surface area contributed by atoms with Gasteiger partial charge in [0.25, 0.3) is 5.91 Å². The Labute approximate surface area is 199 Å². The van der Waals surface area contributed by atoms with Crippen molar-refractivity contribution < 1.29 is 23.8 Å². The fourth-order valence-corrected chi connectivity index (χ4v) is 7.67. The van der Waals surface area contributed by atoms with E-state index in [2.05, 4.69) is 6.07 Å². The summed E-state index contributed by atoms with van der Waals surface area (Å²) in [5.74, 6) is 0.554. The first kappa shape index (κ1) is 21.9. The minimum absolute atomic E-state index is 0.0768. The molecule has 7 rings (SSSR count). The lowest BCUT2D eigenvalue weighted by molar-refractivity contribution is -0.141. The molecule has 5 saturated carbocycles. The quantitative estimate of drug-likeness (QED) is 0.654. The fourth-order valence-electron chi connectivity index (χ4n) is 7.67. The van der Waals surface area contributed by atoms with Crippen molar-refractivity contribution in [3.63, 3.8) is 0 Å². The van der Waals surface area contributed by atoms with E-state index in [1.54, 1.807) is 6.07 Å². The van der Waals surface area contributed by atoms with Gasteiger partial charge in [0.1, 0.15) is 24.2 Å². The first-order valence-corrected chi connectivity index (χ1v) is 12.8. The summed E-state index contributed by atoms with van der Waals surface area (Å²) >= 11 is 0. The van der Waals surface area contributed by atoms with E-state index in [0.29, 0.717) is 37.0 Å². The van der Waals surface area contributed by atoms with Crippen LogP contribution in [0.1, 0.15) is 79.6 Å². The lowest BCUT2D eigenvalue weighted by Gasteiger charge is -2.58. The van der Waals surface area contributed by atoms with Gasteiger partial charge in [-0.1, -0.05) is 0 Å². The molecule has 0 unspecified atom stereocenters. The maximum Gasteiger partial charge on any atom is 0.326 e. The summed E-state index contributed by atoms with van der Waals surface area (Å²) < 4.78 is 21.5.